The SMILES string of the molecule is OC(CSc1ccc2ccccc2c1)Cn1c2ccccc2c2ccccc21. The van der Waals surface area contributed by atoms with E-state index in [-0.39, 0.29) is 0 Å². The van der Waals surface area contributed by atoms with Crippen molar-refractivity contribution in [2.75, 3.05) is 5.75 Å². The molecule has 0 amide bonds. The lowest BCUT2D eigenvalue weighted by atomic mass is 10.1. The van der Waals surface area contributed by atoms with Crippen LogP contribution in [0.5, 0.6) is 0 Å². The molecule has 1 unspecified atom stereocenters. The van der Waals surface area contributed by atoms with Crippen molar-refractivity contribution in [1.29, 1.82) is 0 Å². The number of fused-ring (bicyclic) bond motifs is 4. The first-order valence-electron chi connectivity index (χ1n) is 9.55. The summed E-state index contributed by atoms with van der Waals surface area (Å²) in [6.45, 7) is 0.592. The molecule has 0 bridgehead atoms. The molecule has 3 heteroatoms. The molecule has 1 N–H and O–H groups in total. The topological polar surface area (TPSA) is 25.2 Å². The fraction of sp³-hybridized carbons (Fsp3) is 0.120. The zero-order valence-corrected chi connectivity index (χ0v) is 16.3. The van der Waals surface area contributed by atoms with Crippen LogP contribution in [0, 0.1) is 0 Å². The number of nitrogens with zero attached hydrogens (tertiary/aromatic N) is 1. The Balaban J connectivity index is 1.38. The molecule has 0 saturated carbocycles. The van der Waals surface area contributed by atoms with Gasteiger partial charge in [0.2, 0.25) is 0 Å². The van der Waals surface area contributed by atoms with Crippen LogP contribution in [0.1, 0.15) is 0 Å². The Morgan fingerprint density at radius 1 is 0.714 bits per heavy atom. The van der Waals surface area contributed by atoms with Crippen LogP contribution in [-0.4, -0.2) is 21.5 Å². The summed E-state index contributed by atoms with van der Waals surface area (Å²) in [4.78, 5) is 1.19. The molecular formula is C25H21NOS. The highest BCUT2D eigenvalue weighted by atomic mass is 32.2. The molecule has 2 nitrogen and oxygen atoms in total. The van der Waals surface area contributed by atoms with Crippen LogP contribution in [0.4, 0.5) is 0 Å². The number of aliphatic hydroxyl groups is 1. The quantitative estimate of drug-likeness (QED) is 0.371. The summed E-state index contributed by atoms with van der Waals surface area (Å²) in [6, 6.07) is 31.7. The number of hydrogen-bond donors (Lipinski definition) is 1. The van der Waals surface area contributed by atoms with E-state index in [1.807, 2.05) is 0 Å². The van der Waals surface area contributed by atoms with Gasteiger partial charge in [0.15, 0.2) is 0 Å². The summed E-state index contributed by atoms with van der Waals surface area (Å²) in [5.41, 5.74) is 2.36. The summed E-state index contributed by atoms with van der Waals surface area (Å²) < 4.78 is 2.25. The van der Waals surface area contributed by atoms with Crippen molar-refractivity contribution in [3.8, 4) is 0 Å². The van der Waals surface area contributed by atoms with Crippen LogP contribution in [0.25, 0.3) is 32.6 Å². The molecule has 1 heterocycles. The molecular weight excluding hydrogens is 362 g/mol. The minimum absolute atomic E-state index is 0.421. The third kappa shape index (κ3) is 3.17. The first-order chi connectivity index (χ1) is 13.8. The Kier molecular flexibility index (Phi) is 4.55. The van der Waals surface area contributed by atoms with E-state index in [2.05, 4.69) is 95.6 Å². The average molecular weight is 384 g/mol. The zero-order chi connectivity index (χ0) is 18.9. The van der Waals surface area contributed by atoms with Gasteiger partial charge in [0, 0.05) is 39.0 Å². The predicted molar refractivity (Wildman–Crippen MR) is 120 cm³/mol. The standard InChI is InChI=1S/C25H21NOS/c27-20(17-28-21-14-13-18-7-1-2-8-19(18)15-21)16-26-24-11-5-3-9-22(24)23-10-4-6-12-25(23)26/h1-15,20,27H,16-17H2. The molecule has 0 radical (unpaired) electrons. The molecule has 0 aliphatic rings. The number of benzene rings is 4. The van der Waals surface area contributed by atoms with Gasteiger partial charge in [0.25, 0.3) is 0 Å². The smallest absolute Gasteiger partial charge is 0.0813 e. The Morgan fingerprint density at radius 2 is 1.32 bits per heavy atom. The van der Waals surface area contributed by atoms with Gasteiger partial charge in [-0.2, -0.15) is 0 Å². The third-order valence-corrected chi connectivity index (χ3v) is 6.38. The zero-order valence-electron chi connectivity index (χ0n) is 15.5. The van der Waals surface area contributed by atoms with Gasteiger partial charge in [-0.1, -0.05) is 66.7 Å². The van der Waals surface area contributed by atoms with E-state index in [1.165, 1.54) is 37.5 Å². The van der Waals surface area contributed by atoms with E-state index < -0.39 is 6.10 Å². The van der Waals surface area contributed by atoms with Crippen LogP contribution >= 0.6 is 11.8 Å². The van der Waals surface area contributed by atoms with Crippen LogP contribution in [-0.2, 0) is 6.54 Å². The third-order valence-electron chi connectivity index (χ3n) is 5.24. The molecule has 0 aliphatic heterocycles. The Hall–Kier alpha value is -2.75. The summed E-state index contributed by atoms with van der Waals surface area (Å²) in [5.74, 6) is 0.666. The highest BCUT2D eigenvalue weighted by molar-refractivity contribution is 7.99. The minimum Gasteiger partial charge on any atom is -0.390 e. The largest absolute Gasteiger partial charge is 0.390 e. The van der Waals surface area contributed by atoms with Crippen molar-refractivity contribution in [3.63, 3.8) is 0 Å². The van der Waals surface area contributed by atoms with Gasteiger partial charge in [0.05, 0.1) is 6.10 Å². The second-order valence-electron chi connectivity index (χ2n) is 7.12. The van der Waals surface area contributed by atoms with Gasteiger partial charge in [-0.3, -0.25) is 0 Å². The number of para-hydroxylation sites is 2. The van der Waals surface area contributed by atoms with E-state index in [1.54, 1.807) is 11.8 Å². The fourth-order valence-corrected chi connectivity index (χ4v) is 4.78. The van der Waals surface area contributed by atoms with Crippen LogP contribution < -0.4 is 0 Å². The normalized spacial score (nSPS) is 12.8. The number of hydrogen-bond acceptors (Lipinski definition) is 2. The number of thioether (sulfide) groups is 1. The summed E-state index contributed by atoms with van der Waals surface area (Å²) in [6.07, 6.45) is -0.421. The van der Waals surface area contributed by atoms with E-state index >= 15 is 0 Å². The monoisotopic (exact) mass is 383 g/mol. The molecule has 1 atom stereocenters. The molecule has 1 aromatic heterocycles. The maximum Gasteiger partial charge on any atom is 0.0813 e. The maximum atomic E-state index is 10.8. The second-order valence-corrected chi connectivity index (χ2v) is 8.21. The lowest BCUT2D eigenvalue weighted by molar-refractivity contribution is 0.181. The molecule has 0 aliphatic carbocycles. The molecule has 138 valence electrons. The van der Waals surface area contributed by atoms with E-state index in [0.29, 0.717) is 12.3 Å². The molecule has 28 heavy (non-hydrogen) atoms. The van der Waals surface area contributed by atoms with Crippen LogP contribution in [0.2, 0.25) is 0 Å². The summed E-state index contributed by atoms with van der Waals surface area (Å²) >= 11 is 1.71. The number of rotatable bonds is 5. The van der Waals surface area contributed by atoms with Crippen molar-refractivity contribution in [2.45, 2.75) is 17.5 Å². The van der Waals surface area contributed by atoms with Gasteiger partial charge >= 0.3 is 0 Å². The highest BCUT2D eigenvalue weighted by Gasteiger charge is 2.13. The van der Waals surface area contributed by atoms with E-state index in [0.717, 1.165) is 0 Å². The first-order valence-corrected chi connectivity index (χ1v) is 10.5. The molecule has 0 spiro atoms. The predicted octanol–water partition coefficient (Wildman–Crippen LogP) is 6.10. The van der Waals surface area contributed by atoms with Gasteiger partial charge in [0.1, 0.15) is 0 Å². The van der Waals surface area contributed by atoms with Crippen LogP contribution in [0.3, 0.4) is 0 Å². The first kappa shape index (κ1) is 17.4. The van der Waals surface area contributed by atoms with Gasteiger partial charge in [-0.25, -0.2) is 0 Å². The number of aliphatic hydroxyl groups excluding tert-OH is 1. The van der Waals surface area contributed by atoms with Crippen molar-refractivity contribution < 1.29 is 5.11 Å². The van der Waals surface area contributed by atoms with Gasteiger partial charge in [-0.05, 0) is 35.0 Å². The van der Waals surface area contributed by atoms with E-state index in [4.69, 9.17) is 0 Å². The van der Waals surface area contributed by atoms with Crippen molar-refractivity contribution in [2.24, 2.45) is 0 Å². The average Bonchev–Trinajstić information content (AvgIpc) is 3.06. The Bertz CT molecular complexity index is 1220. The summed E-state index contributed by atoms with van der Waals surface area (Å²) in [7, 11) is 0. The van der Waals surface area contributed by atoms with Gasteiger partial charge in [-0.15, -0.1) is 11.8 Å². The molecule has 5 rings (SSSR count). The maximum absolute atomic E-state index is 10.8. The minimum atomic E-state index is -0.421. The molecule has 0 fully saturated rings. The Morgan fingerprint density at radius 3 is 2.04 bits per heavy atom. The lowest BCUT2D eigenvalue weighted by Crippen LogP contribution is -2.18. The van der Waals surface area contributed by atoms with Crippen molar-refractivity contribution in [3.05, 3.63) is 91.0 Å². The number of aromatic nitrogens is 1. The van der Waals surface area contributed by atoms with Gasteiger partial charge < -0.3 is 9.67 Å². The fourth-order valence-electron chi connectivity index (χ4n) is 3.91. The molecule has 5 aromatic rings. The lowest BCUT2D eigenvalue weighted by Gasteiger charge is -2.14. The van der Waals surface area contributed by atoms with E-state index in [9.17, 15) is 5.11 Å². The van der Waals surface area contributed by atoms with Crippen LogP contribution in [0.15, 0.2) is 95.9 Å². The van der Waals surface area contributed by atoms with Crippen molar-refractivity contribution in [1.82, 2.24) is 4.57 Å². The Labute approximate surface area is 168 Å². The summed E-state index contributed by atoms with van der Waals surface area (Å²) in [5, 5.41) is 15.7. The second kappa shape index (κ2) is 7.34. The molecule has 4 aromatic carbocycles. The molecule has 0 saturated heterocycles. The highest BCUT2D eigenvalue weighted by Crippen LogP contribution is 2.30. The van der Waals surface area contributed by atoms with Crippen molar-refractivity contribution >= 4 is 44.3 Å².